The van der Waals surface area contributed by atoms with Gasteiger partial charge in [0.05, 0.1) is 13.2 Å². The van der Waals surface area contributed by atoms with Crippen molar-refractivity contribution in [1.29, 1.82) is 0 Å². The maximum absolute atomic E-state index is 12.5. The molecule has 2 aromatic carbocycles. The van der Waals surface area contributed by atoms with Crippen LogP contribution >= 0.6 is 21.6 Å². The van der Waals surface area contributed by atoms with Crippen molar-refractivity contribution in [3.05, 3.63) is 70.8 Å². The zero-order valence-electron chi connectivity index (χ0n) is 22.8. The van der Waals surface area contributed by atoms with Crippen molar-refractivity contribution in [1.82, 2.24) is 5.32 Å². The predicted molar refractivity (Wildman–Crippen MR) is 155 cm³/mol. The zero-order valence-corrected chi connectivity index (χ0v) is 24.4. The average molecular weight is 546 g/mol. The lowest BCUT2D eigenvalue weighted by molar-refractivity contribution is -0.235. The molecule has 204 valence electrons. The second-order valence-corrected chi connectivity index (χ2v) is 13.5. The van der Waals surface area contributed by atoms with Gasteiger partial charge in [-0.2, -0.15) is 0 Å². The van der Waals surface area contributed by atoms with Crippen molar-refractivity contribution in [2.75, 3.05) is 19.8 Å². The van der Waals surface area contributed by atoms with E-state index in [0.29, 0.717) is 19.4 Å². The van der Waals surface area contributed by atoms with E-state index in [2.05, 4.69) is 45.1 Å². The van der Waals surface area contributed by atoms with Gasteiger partial charge in [0.1, 0.15) is 0 Å². The highest BCUT2D eigenvalue weighted by molar-refractivity contribution is 8.76. The van der Waals surface area contributed by atoms with Crippen molar-refractivity contribution in [3.63, 3.8) is 0 Å². The lowest BCUT2D eigenvalue weighted by Crippen LogP contribution is -2.37. The molecule has 1 aliphatic rings. The van der Waals surface area contributed by atoms with Gasteiger partial charge in [-0.15, -0.1) is 0 Å². The van der Waals surface area contributed by atoms with E-state index in [9.17, 15) is 9.90 Å². The van der Waals surface area contributed by atoms with Gasteiger partial charge in [0.25, 0.3) is 0 Å². The lowest BCUT2D eigenvalue weighted by Gasteiger charge is -2.39. The lowest BCUT2D eigenvalue weighted by atomic mass is 9.83. The molecule has 1 fully saturated rings. The monoisotopic (exact) mass is 545 g/mol. The summed E-state index contributed by atoms with van der Waals surface area (Å²) in [7, 11) is 3.64. The van der Waals surface area contributed by atoms with Crippen LogP contribution in [0, 0.1) is 5.41 Å². The van der Waals surface area contributed by atoms with Crippen LogP contribution in [-0.2, 0) is 33.0 Å². The molecule has 1 heterocycles. The van der Waals surface area contributed by atoms with Crippen molar-refractivity contribution < 1.29 is 19.4 Å². The van der Waals surface area contributed by atoms with E-state index in [-0.39, 0.29) is 29.0 Å². The highest BCUT2D eigenvalue weighted by atomic mass is 33.1. The topological polar surface area (TPSA) is 67.8 Å². The molecule has 2 aromatic rings. The van der Waals surface area contributed by atoms with Gasteiger partial charge >= 0.3 is 0 Å². The second-order valence-electron chi connectivity index (χ2n) is 10.5. The predicted octanol–water partition coefficient (Wildman–Crippen LogP) is 6.83. The Hall–Kier alpha value is -1.51. The summed E-state index contributed by atoms with van der Waals surface area (Å²) >= 11 is 0. The third kappa shape index (κ3) is 9.32. The normalized spacial score (nSPS) is 16.0. The van der Waals surface area contributed by atoms with Crippen molar-refractivity contribution >= 4 is 27.5 Å². The van der Waals surface area contributed by atoms with E-state index >= 15 is 0 Å². The van der Waals surface area contributed by atoms with E-state index in [1.165, 1.54) is 11.1 Å². The number of carbonyl (C=O) groups excluding carboxylic acids is 1. The molecule has 0 saturated carbocycles. The first-order chi connectivity index (χ1) is 17.8. The van der Waals surface area contributed by atoms with Gasteiger partial charge < -0.3 is 19.9 Å². The first-order valence-electron chi connectivity index (χ1n) is 13.4. The maximum atomic E-state index is 12.5. The third-order valence-electron chi connectivity index (χ3n) is 7.28. The Kier molecular flexibility index (Phi) is 11.8. The summed E-state index contributed by atoms with van der Waals surface area (Å²) in [6, 6.07) is 16.4. The Labute approximate surface area is 230 Å². The molecule has 2 N–H and O–H groups in total. The summed E-state index contributed by atoms with van der Waals surface area (Å²) in [4.78, 5) is 12.5. The molecule has 0 atom stereocenters. The van der Waals surface area contributed by atoms with Crippen LogP contribution in [0.15, 0.2) is 48.5 Å². The largest absolute Gasteiger partial charge is 0.396 e. The standard InChI is InChI=1S/C30H43NO4S2/c1-5-30(6-2)21-34-28(35-22-30)25-13-11-23(12-14-25)19-31-27(33)15-17-29(3,4)37-36-20-26-10-8-7-9-24(26)16-18-32/h7-14,28,32H,5-6,15-22H2,1-4H3,(H,31,33). The van der Waals surface area contributed by atoms with Crippen LogP contribution in [0.1, 0.15) is 81.9 Å². The fraction of sp³-hybridized carbons (Fsp3) is 0.567. The Balaban J connectivity index is 1.37. The number of ether oxygens (including phenoxy) is 2. The molecular formula is C30H43NO4S2. The van der Waals surface area contributed by atoms with E-state index < -0.39 is 0 Å². The number of rotatable bonds is 14. The van der Waals surface area contributed by atoms with Crippen LogP contribution < -0.4 is 5.32 Å². The minimum atomic E-state index is -0.310. The Morgan fingerprint density at radius 3 is 2.32 bits per heavy atom. The number of carbonyl (C=O) groups is 1. The summed E-state index contributed by atoms with van der Waals surface area (Å²) in [5.74, 6) is 0.965. The Bertz CT molecular complexity index is 966. The molecule has 7 heteroatoms. The molecule has 0 bridgehead atoms. The van der Waals surface area contributed by atoms with Crippen molar-refractivity contribution in [2.24, 2.45) is 5.41 Å². The number of hydrogen-bond donors (Lipinski definition) is 2. The first-order valence-corrected chi connectivity index (χ1v) is 15.7. The highest BCUT2D eigenvalue weighted by Gasteiger charge is 2.34. The summed E-state index contributed by atoms with van der Waals surface area (Å²) < 4.78 is 12.0. The molecule has 5 nitrogen and oxygen atoms in total. The van der Waals surface area contributed by atoms with E-state index in [1.54, 1.807) is 0 Å². The summed E-state index contributed by atoms with van der Waals surface area (Å²) in [6.07, 6.45) is 3.80. The molecule has 1 amide bonds. The fourth-order valence-electron chi connectivity index (χ4n) is 4.30. The fourth-order valence-corrected chi connectivity index (χ4v) is 7.04. The Morgan fingerprint density at radius 2 is 1.70 bits per heavy atom. The Morgan fingerprint density at radius 1 is 1.05 bits per heavy atom. The van der Waals surface area contributed by atoms with Crippen LogP contribution in [0.3, 0.4) is 0 Å². The molecule has 3 rings (SSSR count). The van der Waals surface area contributed by atoms with Crippen LogP contribution in [0.25, 0.3) is 0 Å². The van der Waals surface area contributed by atoms with Crippen molar-refractivity contribution in [3.8, 4) is 0 Å². The van der Waals surface area contributed by atoms with Gasteiger partial charge in [-0.3, -0.25) is 4.79 Å². The number of benzene rings is 2. The number of aliphatic hydroxyl groups excluding tert-OH is 1. The number of hydrogen-bond acceptors (Lipinski definition) is 6. The quantitative estimate of drug-likeness (QED) is 0.254. The van der Waals surface area contributed by atoms with E-state index in [4.69, 9.17) is 9.47 Å². The third-order valence-corrected chi connectivity index (χ3v) is 10.5. The minimum Gasteiger partial charge on any atom is -0.396 e. The minimum absolute atomic E-state index is 0.0112. The second kappa shape index (κ2) is 14.6. The molecule has 0 aromatic heterocycles. The molecule has 1 saturated heterocycles. The van der Waals surface area contributed by atoms with Crippen molar-refractivity contribution in [2.45, 2.75) is 83.1 Å². The summed E-state index contributed by atoms with van der Waals surface area (Å²) in [5, 5.41) is 12.3. The van der Waals surface area contributed by atoms with Crippen LogP contribution in [0.4, 0.5) is 0 Å². The smallest absolute Gasteiger partial charge is 0.220 e. The van der Waals surface area contributed by atoms with Gasteiger partial charge in [0.15, 0.2) is 6.29 Å². The van der Waals surface area contributed by atoms with Gasteiger partial charge in [0.2, 0.25) is 5.91 Å². The summed E-state index contributed by atoms with van der Waals surface area (Å²) in [6.45, 7) is 10.9. The van der Waals surface area contributed by atoms with Crippen LogP contribution in [0.5, 0.6) is 0 Å². The molecule has 0 radical (unpaired) electrons. The molecule has 37 heavy (non-hydrogen) atoms. The average Bonchev–Trinajstić information content (AvgIpc) is 2.92. The zero-order chi connectivity index (χ0) is 26.7. The van der Waals surface area contributed by atoms with E-state index in [1.807, 2.05) is 58.0 Å². The number of nitrogens with one attached hydrogen (secondary N) is 1. The van der Waals surface area contributed by atoms with Gasteiger partial charge in [-0.1, -0.05) is 84.0 Å². The van der Waals surface area contributed by atoms with Crippen LogP contribution in [0.2, 0.25) is 0 Å². The maximum Gasteiger partial charge on any atom is 0.220 e. The summed E-state index contributed by atoms with van der Waals surface area (Å²) in [5.41, 5.74) is 4.70. The van der Waals surface area contributed by atoms with Gasteiger partial charge in [-0.05, 0) is 56.2 Å². The first kappa shape index (κ1) is 30.0. The highest BCUT2D eigenvalue weighted by Crippen LogP contribution is 2.41. The van der Waals surface area contributed by atoms with E-state index in [0.717, 1.165) is 49.4 Å². The molecule has 1 aliphatic heterocycles. The molecule has 0 spiro atoms. The SMILES string of the molecule is CCC1(CC)COC(c2ccc(CNC(=O)CCC(C)(C)SSCc3ccccc3CCO)cc2)OC1. The number of aliphatic hydroxyl groups is 1. The van der Waals surface area contributed by atoms with Crippen LogP contribution in [-0.4, -0.2) is 35.6 Å². The van der Waals surface area contributed by atoms with Gasteiger partial charge in [-0.25, -0.2) is 0 Å². The van der Waals surface area contributed by atoms with Gasteiger partial charge in [0, 0.05) is 41.1 Å². The molecular weight excluding hydrogens is 502 g/mol. The number of amides is 1. The molecule has 0 unspecified atom stereocenters. The molecule has 0 aliphatic carbocycles.